The van der Waals surface area contributed by atoms with Crippen LogP contribution in [0.2, 0.25) is 0 Å². The van der Waals surface area contributed by atoms with Gasteiger partial charge in [-0.1, -0.05) is 0 Å². The van der Waals surface area contributed by atoms with E-state index in [0.717, 1.165) is 29.4 Å². The Hall–Kier alpha value is -4.01. The van der Waals surface area contributed by atoms with Gasteiger partial charge in [-0.15, -0.1) is 0 Å². The molecule has 0 radical (unpaired) electrons. The minimum absolute atomic E-state index is 0.168. The van der Waals surface area contributed by atoms with Crippen LogP contribution in [-0.2, 0) is 4.79 Å². The summed E-state index contributed by atoms with van der Waals surface area (Å²) in [5.41, 5.74) is 2.22. The number of hydrogen-bond acceptors (Lipinski definition) is 6. The molecular formula is C22H19FN6O2. The molecule has 1 saturated carbocycles. The molecule has 5 rings (SSSR count). The summed E-state index contributed by atoms with van der Waals surface area (Å²) in [4.78, 5) is 20.6. The van der Waals surface area contributed by atoms with Gasteiger partial charge in [-0.2, -0.15) is 5.10 Å². The summed E-state index contributed by atoms with van der Waals surface area (Å²) < 4.78 is 19.6. The monoisotopic (exact) mass is 418 g/mol. The Bertz CT molecular complexity index is 1250. The maximum Gasteiger partial charge on any atom is 0.258 e. The number of hydrogen-bond donors (Lipinski definition) is 3. The molecule has 4 aromatic rings. The number of carbonyl (C=O) groups is 1. The third kappa shape index (κ3) is 4.61. The molecule has 156 valence electrons. The molecule has 2 heterocycles. The summed E-state index contributed by atoms with van der Waals surface area (Å²) in [7, 11) is 0. The van der Waals surface area contributed by atoms with E-state index in [1.54, 1.807) is 24.5 Å². The Morgan fingerprint density at radius 1 is 1.19 bits per heavy atom. The largest absolute Gasteiger partial charge is 0.484 e. The second-order valence-corrected chi connectivity index (χ2v) is 7.37. The van der Waals surface area contributed by atoms with Crippen LogP contribution in [0.15, 0.2) is 54.9 Å². The van der Waals surface area contributed by atoms with Crippen LogP contribution in [-0.4, -0.2) is 38.7 Å². The highest BCUT2D eigenvalue weighted by molar-refractivity contribution is 5.82. The number of rotatable bonds is 7. The first-order valence-corrected chi connectivity index (χ1v) is 9.89. The number of carbonyl (C=O) groups excluding carboxylic acids is 1. The van der Waals surface area contributed by atoms with Crippen LogP contribution < -0.4 is 15.4 Å². The molecular weight excluding hydrogens is 399 g/mol. The zero-order valence-corrected chi connectivity index (χ0v) is 16.4. The molecule has 0 bridgehead atoms. The molecule has 8 nitrogen and oxygen atoms in total. The predicted molar refractivity (Wildman–Crippen MR) is 113 cm³/mol. The van der Waals surface area contributed by atoms with Gasteiger partial charge in [0.2, 0.25) is 0 Å². The fourth-order valence-electron chi connectivity index (χ4n) is 3.16. The highest BCUT2D eigenvalue weighted by atomic mass is 19.1. The van der Waals surface area contributed by atoms with Crippen molar-refractivity contribution in [2.24, 2.45) is 0 Å². The van der Waals surface area contributed by atoms with Gasteiger partial charge in [0.1, 0.15) is 17.4 Å². The van der Waals surface area contributed by atoms with Crippen LogP contribution in [0.3, 0.4) is 0 Å². The van der Waals surface area contributed by atoms with Crippen LogP contribution in [0.25, 0.3) is 22.3 Å². The summed E-state index contributed by atoms with van der Waals surface area (Å²) >= 11 is 0. The minimum atomic E-state index is -0.498. The van der Waals surface area contributed by atoms with Gasteiger partial charge in [-0.25, -0.2) is 14.4 Å². The second kappa shape index (κ2) is 8.02. The number of aromatic amines is 1. The number of anilines is 2. The zero-order chi connectivity index (χ0) is 21.2. The van der Waals surface area contributed by atoms with Crippen LogP contribution in [0.1, 0.15) is 12.8 Å². The number of nitrogens with zero attached hydrogens (tertiary/aromatic N) is 3. The number of halogens is 1. The lowest BCUT2D eigenvalue weighted by molar-refractivity contribution is -0.123. The Balaban J connectivity index is 1.33. The average Bonchev–Trinajstić information content (AvgIpc) is 3.45. The van der Waals surface area contributed by atoms with E-state index in [1.807, 2.05) is 18.2 Å². The third-order valence-corrected chi connectivity index (χ3v) is 4.81. The Morgan fingerprint density at radius 2 is 2.10 bits per heavy atom. The van der Waals surface area contributed by atoms with E-state index in [1.165, 1.54) is 12.1 Å². The van der Waals surface area contributed by atoms with E-state index >= 15 is 0 Å². The fourth-order valence-corrected chi connectivity index (χ4v) is 3.16. The molecule has 1 amide bonds. The van der Waals surface area contributed by atoms with Gasteiger partial charge in [-0.3, -0.25) is 9.89 Å². The highest BCUT2D eigenvalue weighted by Crippen LogP contribution is 2.26. The summed E-state index contributed by atoms with van der Waals surface area (Å²) in [6.45, 7) is -0.168. The lowest BCUT2D eigenvalue weighted by Crippen LogP contribution is -2.30. The summed E-state index contributed by atoms with van der Waals surface area (Å²) in [6.07, 6.45) is 5.32. The number of nitrogens with one attached hydrogen (secondary N) is 3. The first-order valence-electron chi connectivity index (χ1n) is 9.89. The molecule has 2 aromatic carbocycles. The minimum Gasteiger partial charge on any atom is -0.484 e. The van der Waals surface area contributed by atoms with Gasteiger partial charge in [0, 0.05) is 34.9 Å². The number of ether oxygens (including phenoxy) is 1. The van der Waals surface area contributed by atoms with Crippen molar-refractivity contribution in [3.8, 4) is 17.1 Å². The van der Waals surface area contributed by atoms with Gasteiger partial charge in [0.15, 0.2) is 12.4 Å². The van der Waals surface area contributed by atoms with Crippen molar-refractivity contribution in [3.63, 3.8) is 0 Å². The van der Waals surface area contributed by atoms with Crippen LogP contribution >= 0.6 is 0 Å². The molecule has 1 fully saturated rings. The topological polar surface area (TPSA) is 105 Å². The van der Waals surface area contributed by atoms with Gasteiger partial charge < -0.3 is 15.4 Å². The fraction of sp³-hybridized carbons (Fsp3) is 0.182. The summed E-state index contributed by atoms with van der Waals surface area (Å²) in [6, 6.07) is 11.9. The Morgan fingerprint density at radius 3 is 2.97 bits per heavy atom. The number of fused-ring (bicyclic) bond motifs is 1. The molecule has 1 aliphatic carbocycles. The van der Waals surface area contributed by atoms with Gasteiger partial charge >= 0.3 is 0 Å². The van der Waals surface area contributed by atoms with Crippen molar-refractivity contribution in [1.82, 2.24) is 25.5 Å². The zero-order valence-electron chi connectivity index (χ0n) is 16.4. The van der Waals surface area contributed by atoms with Crippen molar-refractivity contribution < 1.29 is 13.9 Å². The molecule has 9 heteroatoms. The first kappa shape index (κ1) is 19.0. The van der Waals surface area contributed by atoms with Crippen molar-refractivity contribution in [2.75, 3.05) is 11.9 Å². The first-order chi connectivity index (χ1) is 15.1. The number of amides is 1. The number of benzene rings is 2. The average molecular weight is 418 g/mol. The normalized spacial score (nSPS) is 13.2. The van der Waals surface area contributed by atoms with Gasteiger partial charge in [-0.05, 0) is 49.2 Å². The maximum atomic E-state index is 14.2. The molecule has 1 aliphatic rings. The Kier molecular flexibility index (Phi) is 4.91. The lowest BCUT2D eigenvalue weighted by Gasteiger charge is -2.10. The second-order valence-electron chi connectivity index (χ2n) is 7.37. The molecule has 2 aromatic heterocycles. The van der Waals surface area contributed by atoms with Crippen molar-refractivity contribution in [2.45, 2.75) is 18.9 Å². The molecule has 0 spiro atoms. The Labute approximate surface area is 176 Å². The molecule has 0 saturated heterocycles. The van der Waals surface area contributed by atoms with E-state index in [4.69, 9.17) is 4.74 Å². The number of aromatic nitrogens is 4. The predicted octanol–water partition coefficient (Wildman–Crippen LogP) is 3.56. The quantitative estimate of drug-likeness (QED) is 0.424. The van der Waals surface area contributed by atoms with E-state index in [2.05, 4.69) is 30.8 Å². The molecule has 0 unspecified atom stereocenters. The van der Waals surface area contributed by atoms with E-state index in [9.17, 15) is 9.18 Å². The lowest BCUT2D eigenvalue weighted by atomic mass is 10.2. The van der Waals surface area contributed by atoms with Crippen molar-refractivity contribution >= 4 is 28.3 Å². The molecule has 0 atom stereocenters. The van der Waals surface area contributed by atoms with Crippen molar-refractivity contribution in [1.29, 1.82) is 0 Å². The van der Waals surface area contributed by atoms with Crippen molar-refractivity contribution in [3.05, 3.63) is 60.7 Å². The van der Waals surface area contributed by atoms with Gasteiger partial charge in [0.25, 0.3) is 5.91 Å². The third-order valence-electron chi connectivity index (χ3n) is 4.81. The van der Waals surface area contributed by atoms with E-state index in [-0.39, 0.29) is 24.3 Å². The molecule has 31 heavy (non-hydrogen) atoms. The smallest absolute Gasteiger partial charge is 0.258 e. The molecule has 3 N–H and O–H groups in total. The van der Waals surface area contributed by atoms with E-state index < -0.39 is 5.82 Å². The SMILES string of the molecule is O=C(COc1cc(F)cc(-c2nccc(Nc3ccc4[nH]ncc4c3)n2)c1)NC1CC1. The van der Waals surface area contributed by atoms with Crippen LogP contribution in [0, 0.1) is 5.82 Å². The standard InChI is InChI=1S/C22H19FN6O2/c23-15-7-13(9-18(10-15)31-12-21(30)27-16-1-2-16)22-24-6-5-20(28-22)26-17-3-4-19-14(8-17)11-25-29-19/h3-11,16H,1-2,12H2,(H,25,29)(H,27,30)(H,24,26,28). The summed E-state index contributed by atoms with van der Waals surface area (Å²) in [5.74, 6) is 0.422. The molecule has 0 aliphatic heterocycles. The van der Waals surface area contributed by atoms with Crippen LogP contribution in [0.4, 0.5) is 15.9 Å². The van der Waals surface area contributed by atoms with Crippen LogP contribution in [0.5, 0.6) is 5.75 Å². The number of H-pyrrole nitrogens is 1. The summed E-state index contributed by atoms with van der Waals surface area (Å²) in [5, 5.41) is 13.9. The van der Waals surface area contributed by atoms with Gasteiger partial charge in [0.05, 0.1) is 11.7 Å². The van der Waals surface area contributed by atoms with E-state index in [0.29, 0.717) is 17.2 Å². The highest BCUT2D eigenvalue weighted by Gasteiger charge is 2.23. The maximum absolute atomic E-state index is 14.2.